The molecule has 0 aliphatic heterocycles. The molecule has 0 unspecified atom stereocenters. The molecule has 0 saturated carbocycles. The second kappa shape index (κ2) is 6.06. The Bertz CT molecular complexity index is 803. The zero-order valence-corrected chi connectivity index (χ0v) is 12.6. The predicted octanol–water partition coefficient (Wildman–Crippen LogP) is 4.28. The Labute approximate surface area is 129 Å². The summed E-state index contributed by atoms with van der Waals surface area (Å²) in [5.41, 5.74) is 3.85. The Morgan fingerprint density at radius 3 is 2.59 bits per heavy atom. The Morgan fingerprint density at radius 2 is 1.86 bits per heavy atom. The minimum Gasteiger partial charge on any atom is -0.478 e. The summed E-state index contributed by atoms with van der Waals surface area (Å²) in [6, 6.07) is 16.2. The van der Waals surface area contributed by atoms with E-state index in [4.69, 9.17) is 0 Å². The summed E-state index contributed by atoms with van der Waals surface area (Å²) in [6.45, 7) is 2.85. The van der Waals surface area contributed by atoms with E-state index in [9.17, 15) is 9.90 Å². The second-order valence-electron chi connectivity index (χ2n) is 5.60. The van der Waals surface area contributed by atoms with E-state index in [2.05, 4.69) is 16.7 Å². The number of aryl methyl sites for hydroxylation is 3. The van der Waals surface area contributed by atoms with Crippen LogP contribution >= 0.6 is 0 Å². The quantitative estimate of drug-likeness (QED) is 0.763. The smallest absolute Gasteiger partial charge is 0.337 e. The summed E-state index contributed by atoms with van der Waals surface area (Å²) in [5.74, 6) is -0.864. The van der Waals surface area contributed by atoms with Gasteiger partial charge in [0.15, 0.2) is 0 Å². The number of hydrogen-bond donors (Lipinski definition) is 1. The number of rotatable bonds is 5. The first kappa shape index (κ1) is 14.4. The number of nitrogens with zero attached hydrogens (tertiary/aromatic N) is 1. The van der Waals surface area contributed by atoms with Crippen molar-refractivity contribution >= 4 is 16.9 Å². The molecule has 0 amide bonds. The van der Waals surface area contributed by atoms with Gasteiger partial charge in [-0.1, -0.05) is 48.5 Å². The van der Waals surface area contributed by atoms with Crippen molar-refractivity contribution < 1.29 is 9.90 Å². The number of carboxylic acids is 1. The average Bonchev–Trinajstić information content (AvgIpc) is 2.89. The predicted molar refractivity (Wildman–Crippen MR) is 88.4 cm³/mol. The molecule has 3 rings (SSSR count). The molecule has 0 aliphatic rings. The molecule has 1 aromatic heterocycles. The summed E-state index contributed by atoms with van der Waals surface area (Å²) in [5, 5.41) is 10.2. The highest BCUT2D eigenvalue weighted by atomic mass is 16.4. The summed E-state index contributed by atoms with van der Waals surface area (Å²) >= 11 is 0. The molecule has 0 atom stereocenters. The Kier molecular flexibility index (Phi) is 3.96. The van der Waals surface area contributed by atoms with Gasteiger partial charge in [-0.05, 0) is 30.9 Å². The lowest BCUT2D eigenvalue weighted by Gasteiger charge is -2.07. The number of benzene rings is 2. The van der Waals surface area contributed by atoms with Gasteiger partial charge >= 0.3 is 5.97 Å². The lowest BCUT2D eigenvalue weighted by Crippen LogP contribution is -1.99. The van der Waals surface area contributed by atoms with Crippen molar-refractivity contribution in [1.82, 2.24) is 4.57 Å². The Hall–Kier alpha value is -2.55. The fourth-order valence-corrected chi connectivity index (χ4v) is 2.99. The maximum absolute atomic E-state index is 11.4. The molecular weight excluding hydrogens is 274 g/mol. The molecule has 1 N–H and O–H groups in total. The lowest BCUT2D eigenvalue weighted by molar-refractivity contribution is 0.0699. The molecule has 0 aliphatic carbocycles. The van der Waals surface area contributed by atoms with Crippen LogP contribution in [0.5, 0.6) is 0 Å². The van der Waals surface area contributed by atoms with Crippen LogP contribution in [-0.2, 0) is 13.0 Å². The van der Waals surface area contributed by atoms with Gasteiger partial charge in [-0.15, -0.1) is 0 Å². The third kappa shape index (κ3) is 2.75. The number of carbonyl (C=O) groups is 1. The van der Waals surface area contributed by atoms with Crippen LogP contribution in [0.1, 0.15) is 27.9 Å². The van der Waals surface area contributed by atoms with Gasteiger partial charge in [-0.25, -0.2) is 4.79 Å². The van der Waals surface area contributed by atoms with Gasteiger partial charge in [0.1, 0.15) is 0 Å². The zero-order valence-electron chi connectivity index (χ0n) is 12.6. The monoisotopic (exact) mass is 293 g/mol. The fraction of sp³-hybridized carbons (Fsp3) is 0.211. The number of aromatic carboxylic acids is 1. The van der Waals surface area contributed by atoms with Crippen LogP contribution < -0.4 is 0 Å². The van der Waals surface area contributed by atoms with Gasteiger partial charge in [-0.2, -0.15) is 0 Å². The van der Waals surface area contributed by atoms with E-state index >= 15 is 0 Å². The van der Waals surface area contributed by atoms with Crippen molar-refractivity contribution in [1.29, 1.82) is 0 Å². The van der Waals surface area contributed by atoms with Crippen LogP contribution in [0.15, 0.2) is 54.7 Å². The maximum atomic E-state index is 11.4. The lowest BCUT2D eigenvalue weighted by atomic mass is 10.1. The van der Waals surface area contributed by atoms with Crippen LogP contribution in [0.2, 0.25) is 0 Å². The van der Waals surface area contributed by atoms with Gasteiger partial charge in [0.2, 0.25) is 0 Å². The Balaban J connectivity index is 1.86. The highest BCUT2D eigenvalue weighted by Crippen LogP contribution is 2.25. The number of aromatic nitrogens is 1. The molecule has 112 valence electrons. The SMILES string of the molecule is Cc1cccc2c(C(=O)O)cn(CCCc3ccccc3)c12. The molecular formula is C19H19NO2. The largest absolute Gasteiger partial charge is 0.478 e. The molecule has 0 spiro atoms. The first-order chi connectivity index (χ1) is 10.7. The highest BCUT2D eigenvalue weighted by Gasteiger charge is 2.15. The molecule has 3 heteroatoms. The van der Waals surface area contributed by atoms with Crippen molar-refractivity contribution in [2.45, 2.75) is 26.3 Å². The number of para-hydroxylation sites is 1. The van der Waals surface area contributed by atoms with E-state index in [0.717, 1.165) is 35.9 Å². The molecule has 3 aromatic rings. The molecule has 0 saturated heterocycles. The van der Waals surface area contributed by atoms with Crippen molar-refractivity contribution in [3.8, 4) is 0 Å². The summed E-state index contributed by atoms with van der Waals surface area (Å²) < 4.78 is 2.08. The molecule has 0 radical (unpaired) electrons. The maximum Gasteiger partial charge on any atom is 0.337 e. The van der Waals surface area contributed by atoms with E-state index in [1.807, 2.05) is 43.3 Å². The summed E-state index contributed by atoms with van der Waals surface area (Å²) in [7, 11) is 0. The highest BCUT2D eigenvalue weighted by molar-refractivity contribution is 6.04. The van der Waals surface area contributed by atoms with E-state index in [-0.39, 0.29) is 0 Å². The van der Waals surface area contributed by atoms with Gasteiger partial charge < -0.3 is 9.67 Å². The van der Waals surface area contributed by atoms with Crippen LogP contribution in [-0.4, -0.2) is 15.6 Å². The molecule has 0 fully saturated rings. The minimum absolute atomic E-state index is 0.387. The first-order valence-corrected chi connectivity index (χ1v) is 7.52. The molecule has 3 nitrogen and oxygen atoms in total. The van der Waals surface area contributed by atoms with Crippen molar-refractivity contribution in [2.24, 2.45) is 0 Å². The first-order valence-electron chi connectivity index (χ1n) is 7.52. The molecule has 2 aromatic carbocycles. The fourth-order valence-electron chi connectivity index (χ4n) is 2.99. The topological polar surface area (TPSA) is 42.2 Å². The van der Waals surface area contributed by atoms with E-state index in [1.54, 1.807) is 6.20 Å². The van der Waals surface area contributed by atoms with E-state index in [0.29, 0.717) is 5.56 Å². The zero-order chi connectivity index (χ0) is 15.5. The number of carboxylic acid groups (broad SMARTS) is 1. The third-order valence-corrected chi connectivity index (χ3v) is 4.04. The van der Waals surface area contributed by atoms with Crippen molar-refractivity contribution in [3.63, 3.8) is 0 Å². The van der Waals surface area contributed by atoms with Gasteiger partial charge in [0.05, 0.1) is 11.1 Å². The van der Waals surface area contributed by atoms with Crippen LogP contribution in [0.4, 0.5) is 0 Å². The van der Waals surface area contributed by atoms with E-state index in [1.165, 1.54) is 5.56 Å². The minimum atomic E-state index is -0.864. The normalized spacial score (nSPS) is 11.0. The standard InChI is InChI=1S/C19H19NO2/c1-14-7-5-11-16-17(19(21)22)13-20(18(14)16)12-6-10-15-8-3-2-4-9-15/h2-5,7-9,11,13H,6,10,12H2,1H3,(H,21,22). The van der Waals surface area contributed by atoms with E-state index < -0.39 is 5.97 Å². The van der Waals surface area contributed by atoms with Crippen molar-refractivity contribution in [2.75, 3.05) is 0 Å². The molecule has 22 heavy (non-hydrogen) atoms. The number of fused-ring (bicyclic) bond motifs is 1. The average molecular weight is 293 g/mol. The third-order valence-electron chi connectivity index (χ3n) is 4.04. The summed E-state index contributed by atoms with van der Waals surface area (Å²) in [6.07, 6.45) is 3.75. The van der Waals surface area contributed by atoms with Crippen LogP contribution in [0.25, 0.3) is 10.9 Å². The second-order valence-corrected chi connectivity index (χ2v) is 5.60. The summed E-state index contributed by atoms with van der Waals surface area (Å²) in [4.78, 5) is 11.4. The molecule has 0 bridgehead atoms. The van der Waals surface area contributed by atoms with Crippen molar-refractivity contribution in [3.05, 3.63) is 71.4 Å². The van der Waals surface area contributed by atoms with Gasteiger partial charge in [0, 0.05) is 18.1 Å². The van der Waals surface area contributed by atoms with Gasteiger partial charge in [-0.3, -0.25) is 0 Å². The number of hydrogen-bond acceptors (Lipinski definition) is 1. The molecule has 1 heterocycles. The van der Waals surface area contributed by atoms with Crippen LogP contribution in [0, 0.1) is 6.92 Å². The van der Waals surface area contributed by atoms with Gasteiger partial charge in [0.25, 0.3) is 0 Å². The Morgan fingerprint density at radius 1 is 1.09 bits per heavy atom. The van der Waals surface area contributed by atoms with Crippen LogP contribution in [0.3, 0.4) is 0 Å².